The molecule has 1 aliphatic rings. The highest BCUT2D eigenvalue weighted by molar-refractivity contribution is 5.99. The van der Waals surface area contributed by atoms with Crippen LogP contribution in [0.1, 0.15) is 53.8 Å². The number of para-hydroxylation sites is 1. The van der Waals surface area contributed by atoms with Gasteiger partial charge in [-0.2, -0.15) is 0 Å². The molecule has 3 rings (SSSR count). The maximum atomic E-state index is 12.4. The standard InChI is InChI=1S/C18H23NO2/c1-12-7-6-10-15-13(2)17(21-16(12)15)18(20)19-11-14-8-4-3-5-9-14/h6-7,10,14H,3-5,8-9,11H2,1-2H3,(H,19,20). The van der Waals surface area contributed by atoms with E-state index in [1.165, 1.54) is 32.1 Å². The van der Waals surface area contributed by atoms with Gasteiger partial charge in [-0.25, -0.2) is 0 Å². The van der Waals surface area contributed by atoms with Crippen LogP contribution < -0.4 is 5.32 Å². The average molecular weight is 285 g/mol. The molecule has 1 aliphatic carbocycles. The fourth-order valence-electron chi connectivity index (χ4n) is 3.31. The second-order valence-corrected chi connectivity index (χ2v) is 6.22. The van der Waals surface area contributed by atoms with Crippen molar-refractivity contribution in [2.45, 2.75) is 46.0 Å². The Kier molecular flexibility index (Phi) is 4.00. The Labute approximate surface area is 125 Å². The number of hydrogen-bond donors (Lipinski definition) is 1. The number of fused-ring (bicyclic) bond motifs is 1. The van der Waals surface area contributed by atoms with E-state index in [-0.39, 0.29) is 5.91 Å². The van der Waals surface area contributed by atoms with Crippen LogP contribution >= 0.6 is 0 Å². The summed E-state index contributed by atoms with van der Waals surface area (Å²) < 4.78 is 5.82. The molecule has 1 amide bonds. The largest absolute Gasteiger partial charge is 0.450 e. The number of hydrogen-bond acceptors (Lipinski definition) is 2. The Morgan fingerprint density at radius 3 is 2.71 bits per heavy atom. The van der Waals surface area contributed by atoms with Crippen LogP contribution in [0.3, 0.4) is 0 Å². The molecule has 0 radical (unpaired) electrons. The third-order valence-electron chi connectivity index (χ3n) is 4.64. The lowest BCUT2D eigenvalue weighted by molar-refractivity contribution is 0.0917. The minimum Gasteiger partial charge on any atom is -0.450 e. The zero-order valence-electron chi connectivity index (χ0n) is 12.9. The SMILES string of the molecule is Cc1c(C(=O)NCC2CCCCC2)oc2c(C)cccc12. The van der Waals surface area contributed by atoms with Crippen molar-refractivity contribution in [2.24, 2.45) is 5.92 Å². The zero-order chi connectivity index (χ0) is 14.8. The van der Waals surface area contributed by atoms with Gasteiger partial charge < -0.3 is 9.73 Å². The van der Waals surface area contributed by atoms with E-state index >= 15 is 0 Å². The highest BCUT2D eigenvalue weighted by Crippen LogP contribution is 2.28. The second-order valence-electron chi connectivity index (χ2n) is 6.22. The summed E-state index contributed by atoms with van der Waals surface area (Å²) in [7, 11) is 0. The molecule has 1 saturated carbocycles. The van der Waals surface area contributed by atoms with E-state index in [1.54, 1.807) is 0 Å². The monoisotopic (exact) mass is 285 g/mol. The zero-order valence-corrected chi connectivity index (χ0v) is 12.9. The molecule has 1 aromatic carbocycles. The highest BCUT2D eigenvalue weighted by atomic mass is 16.3. The van der Waals surface area contributed by atoms with Gasteiger partial charge in [-0.15, -0.1) is 0 Å². The molecule has 1 aromatic heterocycles. The van der Waals surface area contributed by atoms with E-state index in [0.717, 1.165) is 28.6 Å². The van der Waals surface area contributed by atoms with Crippen molar-refractivity contribution in [1.82, 2.24) is 5.32 Å². The second kappa shape index (κ2) is 5.92. The summed E-state index contributed by atoms with van der Waals surface area (Å²) in [5.41, 5.74) is 2.84. The van der Waals surface area contributed by atoms with Crippen molar-refractivity contribution < 1.29 is 9.21 Å². The topological polar surface area (TPSA) is 42.2 Å². The molecule has 0 bridgehead atoms. The Hall–Kier alpha value is -1.77. The van der Waals surface area contributed by atoms with Gasteiger partial charge in [0, 0.05) is 17.5 Å². The van der Waals surface area contributed by atoms with Crippen LogP contribution in [0, 0.1) is 19.8 Å². The molecule has 0 unspecified atom stereocenters. The first kappa shape index (κ1) is 14.2. The number of rotatable bonds is 3. The number of carbonyl (C=O) groups excluding carboxylic acids is 1. The van der Waals surface area contributed by atoms with Crippen LogP contribution in [0.15, 0.2) is 22.6 Å². The fourth-order valence-corrected chi connectivity index (χ4v) is 3.31. The van der Waals surface area contributed by atoms with Crippen molar-refractivity contribution in [3.63, 3.8) is 0 Å². The Morgan fingerprint density at radius 1 is 1.24 bits per heavy atom. The van der Waals surface area contributed by atoms with Crippen molar-refractivity contribution in [2.75, 3.05) is 6.54 Å². The summed E-state index contributed by atoms with van der Waals surface area (Å²) in [5, 5.41) is 4.10. The predicted octanol–water partition coefficient (Wildman–Crippen LogP) is 4.36. The lowest BCUT2D eigenvalue weighted by Gasteiger charge is -2.21. The minimum absolute atomic E-state index is 0.0753. The minimum atomic E-state index is -0.0753. The maximum Gasteiger partial charge on any atom is 0.287 e. The molecule has 0 spiro atoms. The van der Waals surface area contributed by atoms with Gasteiger partial charge in [0.05, 0.1) is 0 Å². The average Bonchev–Trinajstić information content (AvgIpc) is 2.85. The van der Waals surface area contributed by atoms with Gasteiger partial charge in [0.2, 0.25) is 0 Å². The van der Waals surface area contributed by atoms with E-state index in [4.69, 9.17) is 4.42 Å². The van der Waals surface area contributed by atoms with Crippen molar-refractivity contribution in [3.05, 3.63) is 35.1 Å². The first-order chi connectivity index (χ1) is 10.2. The maximum absolute atomic E-state index is 12.4. The third-order valence-corrected chi connectivity index (χ3v) is 4.64. The molecule has 1 heterocycles. The van der Waals surface area contributed by atoms with Crippen molar-refractivity contribution in [3.8, 4) is 0 Å². The lowest BCUT2D eigenvalue weighted by Crippen LogP contribution is -2.30. The molecular formula is C18H23NO2. The van der Waals surface area contributed by atoms with Crippen LogP contribution in [0.5, 0.6) is 0 Å². The molecule has 3 nitrogen and oxygen atoms in total. The van der Waals surface area contributed by atoms with E-state index in [1.807, 2.05) is 32.0 Å². The Bertz CT molecular complexity index is 651. The molecule has 0 saturated heterocycles. The first-order valence-electron chi connectivity index (χ1n) is 7.93. The van der Waals surface area contributed by atoms with Gasteiger partial charge in [-0.1, -0.05) is 37.5 Å². The summed E-state index contributed by atoms with van der Waals surface area (Å²) in [4.78, 5) is 12.4. The van der Waals surface area contributed by atoms with Gasteiger partial charge in [0.25, 0.3) is 5.91 Å². The van der Waals surface area contributed by atoms with E-state index in [0.29, 0.717) is 11.7 Å². The Balaban J connectivity index is 1.75. The molecule has 112 valence electrons. The molecule has 0 atom stereocenters. The van der Waals surface area contributed by atoms with Gasteiger partial charge in [0.15, 0.2) is 5.76 Å². The normalized spacial score (nSPS) is 16.3. The number of amides is 1. The number of carbonyl (C=O) groups is 1. The van der Waals surface area contributed by atoms with Gasteiger partial charge in [-0.05, 0) is 38.2 Å². The number of aryl methyl sites for hydroxylation is 2. The van der Waals surface area contributed by atoms with Gasteiger partial charge >= 0.3 is 0 Å². The van der Waals surface area contributed by atoms with E-state index < -0.39 is 0 Å². The van der Waals surface area contributed by atoms with Gasteiger partial charge in [-0.3, -0.25) is 4.79 Å². The van der Waals surface area contributed by atoms with E-state index in [9.17, 15) is 4.79 Å². The molecule has 21 heavy (non-hydrogen) atoms. The van der Waals surface area contributed by atoms with Crippen LogP contribution in [0.25, 0.3) is 11.0 Å². The van der Waals surface area contributed by atoms with Crippen molar-refractivity contribution in [1.29, 1.82) is 0 Å². The molecule has 0 aliphatic heterocycles. The van der Waals surface area contributed by atoms with Crippen LogP contribution in [-0.2, 0) is 0 Å². The first-order valence-corrected chi connectivity index (χ1v) is 7.93. The summed E-state index contributed by atoms with van der Waals surface area (Å²) >= 11 is 0. The summed E-state index contributed by atoms with van der Waals surface area (Å²) in [6.45, 7) is 4.74. The fraction of sp³-hybridized carbons (Fsp3) is 0.500. The van der Waals surface area contributed by atoms with Gasteiger partial charge in [0.1, 0.15) is 5.58 Å². The quantitative estimate of drug-likeness (QED) is 0.910. The molecular weight excluding hydrogens is 262 g/mol. The number of furan rings is 1. The smallest absolute Gasteiger partial charge is 0.287 e. The molecule has 2 aromatic rings. The molecule has 1 fully saturated rings. The predicted molar refractivity (Wildman–Crippen MR) is 84.6 cm³/mol. The highest BCUT2D eigenvalue weighted by Gasteiger charge is 2.20. The summed E-state index contributed by atoms with van der Waals surface area (Å²) in [6, 6.07) is 6.03. The number of benzene rings is 1. The van der Waals surface area contributed by atoms with Crippen molar-refractivity contribution >= 4 is 16.9 Å². The summed E-state index contributed by atoms with van der Waals surface area (Å²) in [6.07, 6.45) is 6.40. The number of nitrogens with one attached hydrogen (secondary N) is 1. The third kappa shape index (κ3) is 2.82. The van der Waals surface area contributed by atoms with Crippen LogP contribution in [0.4, 0.5) is 0 Å². The summed E-state index contributed by atoms with van der Waals surface area (Å²) in [5.74, 6) is 1.03. The molecule has 1 N–H and O–H groups in total. The van der Waals surface area contributed by atoms with Crippen LogP contribution in [0.2, 0.25) is 0 Å². The molecule has 3 heteroatoms. The van der Waals surface area contributed by atoms with E-state index in [2.05, 4.69) is 5.32 Å². The lowest BCUT2D eigenvalue weighted by atomic mass is 9.89. The van der Waals surface area contributed by atoms with Crippen LogP contribution in [-0.4, -0.2) is 12.5 Å². The Morgan fingerprint density at radius 2 is 2.00 bits per heavy atom.